The summed E-state index contributed by atoms with van der Waals surface area (Å²) in [5, 5.41) is 8.31. The van der Waals surface area contributed by atoms with Gasteiger partial charge in [0.1, 0.15) is 0 Å². The van der Waals surface area contributed by atoms with E-state index in [0.717, 1.165) is 6.26 Å². The predicted molar refractivity (Wildman–Crippen MR) is 64.7 cm³/mol. The number of nitriles is 1. The molecule has 0 aromatic heterocycles. The molecule has 0 N–H and O–H groups in total. The molecule has 0 heterocycles. The Morgan fingerprint density at radius 1 is 1.33 bits per heavy atom. The van der Waals surface area contributed by atoms with Crippen LogP contribution in [0.25, 0.3) is 0 Å². The maximum atomic E-state index is 11.5. The molecule has 0 saturated carbocycles. The van der Waals surface area contributed by atoms with Crippen molar-refractivity contribution in [1.82, 2.24) is 0 Å². The van der Waals surface area contributed by atoms with E-state index in [1.807, 2.05) is 6.07 Å². The molecule has 0 saturated heterocycles. The fraction of sp³-hybridized carbons (Fsp3) is 0.333. The van der Waals surface area contributed by atoms with Crippen LogP contribution in [0.1, 0.15) is 23.2 Å². The van der Waals surface area contributed by atoms with E-state index in [-0.39, 0.29) is 11.5 Å². The highest BCUT2D eigenvalue weighted by Crippen LogP contribution is 2.11. The molecule has 0 aliphatic rings. The van der Waals surface area contributed by atoms with Gasteiger partial charge in [-0.25, -0.2) is 13.2 Å². The van der Waals surface area contributed by atoms with Crippen molar-refractivity contribution >= 4 is 15.8 Å². The zero-order valence-corrected chi connectivity index (χ0v) is 10.7. The van der Waals surface area contributed by atoms with Gasteiger partial charge in [0.15, 0.2) is 9.84 Å². The van der Waals surface area contributed by atoms with Crippen LogP contribution in [0, 0.1) is 11.3 Å². The van der Waals surface area contributed by atoms with Gasteiger partial charge >= 0.3 is 5.97 Å². The lowest BCUT2D eigenvalue weighted by molar-refractivity contribution is 0.0501. The van der Waals surface area contributed by atoms with Crippen LogP contribution in [-0.2, 0) is 14.6 Å². The SMILES string of the molecule is CS(=O)(=O)c1ccc(C(=O)OCCCC#N)cc1. The Labute approximate surface area is 106 Å². The molecule has 0 amide bonds. The summed E-state index contributed by atoms with van der Waals surface area (Å²) in [6.07, 6.45) is 1.92. The number of hydrogen-bond donors (Lipinski definition) is 0. The van der Waals surface area contributed by atoms with Gasteiger partial charge in [0.2, 0.25) is 0 Å². The lowest BCUT2D eigenvalue weighted by atomic mass is 10.2. The Balaban J connectivity index is 2.63. The van der Waals surface area contributed by atoms with Crippen molar-refractivity contribution in [2.45, 2.75) is 17.7 Å². The maximum absolute atomic E-state index is 11.5. The van der Waals surface area contributed by atoms with Crippen molar-refractivity contribution in [2.24, 2.45) is 0 Å². The molecule has 1 aromatic rings. The summed E-state index contributed by atoms with van der Waals surface area (Å²) in [4.78, 5) is 11.7. The molecule has 0 aliphatic heterocycles. The molecule has 96 valence electrons. The Hall–Kier alpha value is -1.87. The summed E-state index contributed by atoms with van der Waals surface area (Å²) in [6, 6.07) is 7.48. The topological polar surface area (TPSA) is 84.2 Å². The van der Waals surface area contributed by atoms with Crippen LogP contribution in [0.3, 0.4) is 0 Å². The predicted octanol–water partition coefficient (Wildman–Crippen LogP) is 1.55. The van der Waals surface area contributed by atoms with Crippen LogP contribution in [-0.4, -0.2) is 27.2 Å². The van der Waals surface area contributed by atoms with E-state index in [1.54, 1.807) is 0 Å². The lowest BCUT2D eigenvalue weighted by Gasteiger charge is -2.04. The fourth-order valence-corrected chi connectivity index (χ4v) is 1.87. The number of esters is 1. The van der Waals surface area contributed by atoms with Crippen molar-refractivity contribution in [2.75, 3.05) is 12.9 Å². The first-order valence-electron chi connectivity index (χ1n) is 5.29. The van der Waals surface area contributed by atoms with Gasteiger partial charge in [-0.05, 0) is 30.7 Å². The normalized spacial score (nSPS) is 10.7. The highest BCUT2D eigenvalue weighted by Gasteiger charge is 2.10. The smallest absolute Gasteiger partial charge is 0.338 e. The zero-order valence-electron chi connectivity index (χ0n) is 9.92. The third-order valence-corrected chi connectivity index (χ3v) is 3.31. The van der Waals surface area contributed by atoms with E-state index < -0.39 is 15.8 Å². The number of benzene rings is 1. The first-order valence-corrected chi connectivity index (χ1v) is 7.18. The van der Waals surface area contributed by atoms with Crippen LogP contribution < -0.4 is 0 Å². The summed E-state index contributed by atoms with van der Waals surface area (Å²) < 4.78 is 27.3. The zero-order chi connectivity index (χ0) is 13.6. The molecular weight excluding hydrogens is 254 g/mol. The average molecular weight is 267 g/mol. The molecule has 1 rings (SSSR count). The van der Waals surface area contributed by atoms with Crippen molar-refractivity contribution < 1.29 is 17.9 Å². The Bertz CT molecular complexity index is 555. The summed E-state index contributed by atoms with van der Waals surface area (Å²) in [5.41, 5.74) is 0.291. The van der Waals surface area contributed by atoms with Crippen LogP contribution in [0.4, 0.5) is 0 Å². The molecule has 0 unspecified atom stereocenters. The highest BCUT2D eigenvalue weighted by atomic mass is 32.2. The number of ether oxygens (including phenoxy) is 1. The van der Waals surface area contributed by atoms with Crippen molar-refractivity contribution in [3.8, 4) is 6.07 Å². The van der Waals surface area contributed by atoms with E-state index in [9.17, 15) is 13.2 Å². The third-order valence-electron chi connectivity index (χ3n) is 2.18. The number of nitrogens with zero attached hydrogens (tertiary/aromatic N) is 1. The molecular formula is C12H13NO4S. The Morgan fingerprint density at radius 2 is 1.94 bits per heavy atom. The van der Waals surface area contributed by atoms with Gasteiger partial charge < -0.3 is 4.74 Å². The van der Waals surface area contributed by atoms with Gasteiger partial charge in [-0.2, -0.15) is 5.26 Å². The Kier molecular flexibility index (Phi) is 4.86. The lowest BCUT2D eigenvalue weighted by Crippen LogP contribution is -2.07. The average Bonchev–Trinajstić information content (AvgIpc) is 2.33. The van der Waals surface area contributed by atoms with Gasteiger partial charge in [0, 0.05) is 12.7 Å². The van der Waals surface area contributed by atoms with Crippen LogP contribution in [0.2, 0.25) is 0 Å². The largest absolute Gasteiger partial charge is 0.462 e. The third kappa shape index (κ3) is 4.18. The number of sulfone groups is 1. The van der Waals surface area contributed by atoms with Gasteiger partial charge in [-0.15, -0.1) is 0 Å². The minimum absolute atomic E-state index is 0.156. The van der Waals surface area contributed by atoms with E-state index in [0.29, 0.717) is 18.4 Å². The van der Waals surface area contributed by atoms with E-state index in [4.69, 9.17) is 10.00 Å². The minimum atomic E-state index is -3.26. The molecule has 0 fully saturated rings. The van der Waals surface area contributed by atoms with Gasteiger partial charge in [0.05, 0.1) is 23.1 Å². The second kappa shape index (κ2) is 6.17. The number of unbranched alkanes of at least 4 members (excludes halogenated alkanes) is 1. The molecule has 0 aliphatic carbocycles. The molecule has 18 heavy (non-hydrogen) atoms. The summed E-state index contributed by atoms with van der Waals surface area (Å²) in [6.45, 7) is 0.181. The highest BCUT2D eigenvalue weighted by molar-refractivity contribution is 7.90. The van der Waals surface area contributed by atoms with Gasteiger partial charge in [-0.1, -0.05) is 0 Å². The first kappa shape index (κ1) is 14.2. The van der Waals surface area contributed by atoms with Crippen LogP contribution in [0.15, 0.2) is 29.2 Å². The standard InChI is InChI=1S/C12H13NO4S/c1-18(15,16)11-6-4-10(5-7-11)12(14)17-9-3-2-8-13/h4-7H,2-3,9H2,1H3. The summed E-state index contributed by atoms with van der Waals surface area (Å²) in [5.74, 6) is -0.520. The monoisotopic (exact) mass is 267 g/mol. The second-order valence-electron chi connectivity index (χ2n) is 3.69. The minimum Gasteiger partial charge on any atom is -0.462 e. The van der Waals surface area contributed by atoms with Gasteiger partial charge in [0.25, 0.3) is 0 Å². The van der Waals surface area contributed by atoms with Crippen LogP contribution in [0.5, 0.6) is 0 Å². The van der Waals surface area contributed by atoms with Crippen molar-refractivity contribution in [1.29, 1.82) is 5.26 Å². The first-order chi connectivity index (χ1) is 8.45. The van der Waals surface area contributed by atoms with Crippen LogP contribution >= 0.6 is 0 Å². The van der Waals surface area contributed by atoms with E-state index >= 15 is 0 Å². The van der Waals surface area contributed by atoms with Crippen molar-refractivity contribution in [3.63, 3.8) is 0 Å². The second-order valence-corrected chi connectivity index (χ2v) is 5.71. The Morgan fingerprint density at radius 3 is 2.44 bits per heavy atom. The molecule has 0 atom stereocenters. The summed E-state index contributed by atoms with van der Waals surface area (Å²) >= 11 is 0. The molecule has 1 aromatic carbocycles. The molecule has 6 heteroatoms. The summed E-state index contributed by atoms with van der Waals surface area (Å²) in [7, 11) is -3.26. The van der Waals surface area contributed by atoms with E-state index in [2.05, 4.69) is 0 Å². The quantitative estimate of drug-likeness (QED) is 0.597. The van der Waals surface area contributed by atoms with Crippen molar-refractivity contribution in [3.05, 3.63) is 29.8 Å². The molecule has 5 nitrogen and oxygen atoms in total. The number of hydrogen-bond acceptors (Lipinski definition) is 5. The molecule has 0 spiro atoms. The fourth-order valence-electron chi connectivity index (χ4n) is 1.24. The molecule has 0 bridgehead atoms. The maximum Gasteiger partial charge on any atom is 0.338 e. The number of rotatable bonds is 5. The number of carbonyl (C=O) groups excluding carboxylic acids is 1. The number of carbonyl (C=O) groups is 1. The molecule has 0 radical (unpaired) electrons. The van der Waals surface area contributed by atoms with Gasteiger partial charge in [-0.3, -0.25) is 0 Å². The van der Waals surface area contributed by atoms with E-state index in [1.165, 1.54) is 24.3 Å².